The van der Waals surface area contributed by atoms with Gasteiger partial charge in [-0.15, -0.1) is 0 Å². The number of hydrogen-bond acceptors (Lipinski definition) is 7. The van der Waals surface area contributed by atoms with Crippen molar-refractivity contribution < 1.29 is 34.1 Å². The zero-order valence-electron chi connectivity index (χ0n) is 21.6. The van der Waals surface area contributed by atoms with Gasteiger partial charge in [0.15, 0.2) is 11.5 Å². The number of carbonyl (C=O) groups is 3. The third-order valence-corrected chi connectivity index (χ3v) is 5.27. The number of benzene rings is 3. The molecule has 0 heterocycles. The van der Waals surface area contributed by atoms with E-state index in [1.807, 2.05) is 0 Å². The third-order valence-electron chi connectivity index (χ3n) is 5.27. The molecule has 0 saturated heterocycles. The van der Waals surface area contributed by atoms with Gasteiger partial charge in [-0.3, -0.25) is 9.59 Å². The number of aromatic carboxylic acids is 1. The lowest BCUT2D eigenvalue weighted by atomic mass is 10.1. The fourth-order valence-electron chi connectivity index (χ4n) is 3.50. The fourth-order valence-corrected chi connectivity index (χ4v) is 3.50. The predicted molar refractivity (Wildman–Crippen MR) is 143 cm³/mol. The smallest absolute Gasteiger partial charge is 0.335 e. The number of nitrogen functional groups attached to an aromatic ring is 1. The first-order chi connectivity index (χ1) is 18.0. The Balaban J connectivity index is 1.84. The van der Waals surface area contributed by atoms with Gasteiger partial charge >= 0.3 is 5.97 Å². The zero-order valence-corrected chi connectivity index (χ0v) is 21.6. The molecule has 0 radical (unpaired) electrons. The molecule has 38 heavy (non-hydrogen) atoms. The zero-order chi connectivity index (χ0) is 28.0. The molecule has 0 unspecified atom stereocenters. The summed E-state index contributed by atoms with van der Waals surface area (Å²) >= 11 is 0. The Morgan fingerprint density at radius 3 is 2.11 bits per heavy atom. The number of phenols is 1. The van der Waals surface area contributed by atoms with Crippen LogP contribution in [0.5, 0.6) is 17.2 Å². The van der Waals surface area contributed by atoms with Crippen molar-refractivity contribution in [2.24, 2.45) is 0 Å². The Kier molecular flexibility index (Phi) is 8.80. The quantitative estimate of drug-likeness (QED) is 0.245. The minimum absolute atomic E-state index is 0.0101. The molecule has 0 atom stereocenters. The Labute approximate surface area is 220 Å². The molecule has 0 bridgehead atoms. The number of carbonyl (C=O) groups excluding carboxylic acids is 2. The molecular weight excluding hydrogens is 490 g/mol. The molecule has 0 aliphatic heterocycles. The Bertz CT molecular complexity index is 1340. The summed E-state index contributed by atoms with van der Waals surface area (Å²) in [6, 6.07) is 13.5. The van der Waals surface area contributed by atoms with Crippen molar-refractivity contribution in [3.63, 3.8) is 0 Å². The lowest BCUT2D eigenvalue weighted by Crippen LogP contribution is -2.24. The number of nitrogens with two attached hydrogens (primary N) is 1. The minimum Gasteiger partial charge on any atom is -0.504 e. The summed E-state index contributed by atoms with van der Waals surface area (Å²) in [5.74, 6) is -2.31. The van der Waals surface area contributed by atoms with Gasteiger partial charge in [0, 0.05) is 23.4 Å². The number of aromatic hydroxyl groups is 1. The van der Waals surface area contributed by atoms with Crippen LogP contribution < -0.4 is 25.8 Å². The van der Waals surface area contributed by atoms with E-state index in [2.05, 4.69) is 10.6 Å². The van der Waals surface area contributed by atoms with Crippen LogP contribution in [0.1, 0.15) is 64.3 Å². The maximum absolute atomic E-state index is 13.0. The highest BCUT2D eigenvalue weighted by atomic mass is 16.5. The fraction of sp³-hybridized carbons (Fsp3) is 0.250. The Morgan fingerprint density at radius 2 is 1.50 bits per heavy atom. The molecule has 200 valence electrons. The predicted octanol–water partition coefficient (Wildman–Crippen LogP) is 4.43. The first-order valence-corrected chi connectivity index (χ1v) is 12.0. The summed E-state index contributed by atoms with van der Waals surface area (Å²) in [6.45, 7) is 7.11. The van der Waals surface area contributed by atoms with Crippen LogP contribution in [0, 0.1) is 0 Å². The second kappa shape index (κ2) is 12.0. The lowest BCUT2D eigenvalue weighted by Gasteiger charge is -2.19. The SMILES string of the molecule is CC(C)Oc1cc(C(=O)O)ccc1CNC(=O)c1ccc(NC(=O)c2ccc(N)cc2)c(OC(C)C)c1O. The van der Waals surface area contributed by atoms with E-state index in [9.17, 15) is 24.6 Å². The molecule has 0 aliphatic rings. The Morgan fingerprint density at radius 1 is 0.868 bits per heavy atom. The molecule has 3 aromatic rings. The number of carboxylic acid groups (broad SMARTS) is 1. The van der Waals surface area contributed by atoms with E-state index >= 15 is 0 Å². The average molecular weight is 522 g/mol. The number of amides is 2. The van der Waals surface area contributed by atoms with E-state index in [1.165, 1.54) is 24.3 Å². The summed E-state index contributed by atoms with van der Waals surface area (Å²) < 4.78 is 11.5. The average Bonchev–Trinajstić information content (AvgIpc) is 2.85. The first kappa shape index (κ1) is 27.9. The van der Waals surface area contributed by atoms with Gasteiger partial charge in [0.05, 0.1) is 29.0 Å². The van der Waals surface area contributed by atoms with Gasteiger partial charge in [0.1, 0.15) is 5.75 Å². The van der Waals surface area contributed by atoms with E-state index < -0.39 is 23.5 Å². The van der Waals surface area contributed by atoms with Crippen LogP contribution >= 0.6 is 0 Å². The van der Waals surface area contributed by atoms with Gasteiger partial charge in [-0.25, -0.2) is 4.79 Å². The lowest BCUT2D eigenvalue weighted by molar-refractivity contribution is 0.0695. The standard InChI is InChI=1S/C28H31N3O7/c1-15(2)37-23-13-18(28(35)36)5-6-19(23)14-30-27(34)21-11-12-22(25(24(21)32)38-16(3)4)31-26(33)17-7-9-20(29)10-8-17/h5-13,15-16,32H,14,29H2,1-4H3,(H,30,34)(H,31,33)(H,35,36). The van der Waals surface area contributed by atoms with Crippen molar-refractivity contribution in [1.82, 2.24) is 5.32 Å². The Hall–Kier alpha value is -4.73. The maximum atomic E-state index is 13.0. The molecule has 6 N–H and O–H groups in total. The highest BCUT2D eigenvalue weighted by molar-refractivity contribution is 6.06. The molecule has 3 aromatic carbocycles. The summed E-state index contributed by atoms with van der Waals surface area (Å²) in [5, 5.41) is 25.6. The van der Waals surface area contributed by atoms with Crippen LogP contribution in [0.4, 0.5) is 11.4 Å². The third kappa shape index (κ3) is 6.94. The number of hydrogen-bond donors (Lipinski definition) is 5. The van der Waals surface area contributed by atoms with Gasteiger partial charge in [-0.05, 0) is 76.2 Å². The van der Waals surface area contributed by atoms with Gasteiger partial charge in [0.2, 0.25) is 0 Å². The first-order valence-electron chi connectivity index (χ1n) is 12.0. The molecule has 2 amide bonds. The van der Waals surface area contributed by atoms with E-state index in [0.29, 0.717) is 22.6 Å². The number of carboxylic acids is 1. The van der Waals surface area contributed by atoms with Crippen LogP contribution in [0.15, 0.2) is 54.6 Å². The molecule has 10 nitrogen and oxygen atoms in total. The van der Waals surface area contributed by atoms with Crippen molar-refractivity contribution in [3.05, 3.63) is 76.9 Å². The second-order valence-electron chi connectivity index (χ2n) is 9.06. The topological polar surface area (TPSA) is 160 Å². The number of ether oxygens (including phenoxy) is 2. The van der Waals surface area contributed by atoms with Gasteiger partial charge in [-0.1, -0.05) is 6.07 Å². The van der Waals surface area contributed by atoms with E-state index in [0.717, 1.165) is 0 Å². The summed E-state index contributed by atoms with van der Waals surface area (Å²) in [5.41, 5.74) is 7.27. The molecule has 3 rings (SSSR count). The molecule has 0 aromatic heterocycles. The number of anilines is 2. The van der Waals surface area contributed by atoms with Gasteiger partial charge in [-0.2, -0.15) is 0 Å². The summed E-state index contributed by atoms with van der Waals surface area (Å²) in [6.07, 6.45) is -0.584. The van der Waals surface area contributed by atoms with E-state index in [1.54, 1.807) is 58.0 Å². The van der Waals surface area contributed by atoms with Gasteiger partial charge in [0.25, 0.3) is 11.8 Å². The highest BCUT2D eigenvalue weighted by Crippen LogP contribution is 2.39. The largest absolute Gasteiger partial charge is 0.504 e. The van der Waals surface area contributed by atoms with Crippen LogP contribution in [-0.2, 0) is 6.54 Å². The number of phenolic OH excluding ortho intramolecular Hbond substituents is 1. The molecule has 0 aliphatic carbocycles. The highest BCUT2D eigenvalue weighted by Gasteiger charge is 2.22. The van der Waals surface area contributed by atoms with Crippen LogP contribution in [0.3, 0.4) is 0 Å². The van der Waals surface area contributed by atoms with Crippen LogP contribution in [0.25, 0.3) is 0 Å². The molecule has 0 spiro atoms. The van der Waals surface area contributed by atoms with Gasteiger partial charge < -0.3 is 36.1 Å². The minimum atomic E-state index is -1.10. The summed E-state index contributed by atoms with van der Waals surface area (Å²) in [7, 11) is 0. The van der Waals surface area contributed by atoms with E-state index in [-0.39, 0.29) is 41.3 Å². The molecule has 0 saturated carbocycles. The molecule has 0 fully saturated rings. The van der Waals surface area contributed by atoms with Crippen molar-refractivity contribution in [1.29, 1.82) is 0 Å². The van der Waals surface area contributed by atoms with Crippen molar-refractivity contribution in [3.8, 4) is 17.2 Å². The second-order valence-corrected chi connectivity index (χ2v) is 9.06. The van der Waals surface area contributed by atoms with Crippen LogP contribution in [-0.4, -0.2) is 40.2 Å². The molecular formula is C28H31N3O7. The maximum Gasteiger partial charge on any atom is 0.335 e. The van der Waals surface area contributed by atoms with Crippen LogP contribution in [0.2, 0.25) is 0 Å². The monoisotopic (exact) mass is 521 g/mol. The van der Waals surface area contributed by atoms with Crippen molar-refractivity contribution >= 4 is 29.2 Å². The molecule has 10 heteroatoms. The van der Waals surface area contributed by atoms with Crippen molar-refractivity contribution in [2.45, 2.75) is 46.4 Å². The number of nitrogens with one attached hydrogen (secondary N) is 2. The van der Waals surface area contributed by atoms with E-state index in [4.69, 9.17) is 15.2 Å². The number of rotatable bonds is 10. The van der Waals surface area contributed by atoms with Crippen molar-refractivity contribution in [2.75, 3.05) is 11.1 Å². The normalized spacial score (nSPS) is 10.8. The summed E-state index contributed by atoms with van der Waals surface area (Å²) in [4.78, 5) is 37.1.